The van der Waals surface area contributed by atoms with Crippen molar-refractivity contribution in [1.82, 2.24) is 24.1 Å². The van der Waals surface area contributed by atoms with Crippen molar-refractivity contribution in [3.05, 3.63) is 82.5 Å². The molecule has 1 fully saturated rings. The molecule has 1 saturated heterocycles. The monoisotopic (exact) mass is 612 g/mol. The van der Waals surface area contributed by atoms with E-state index in [1.165, 1.54) is 15.4 Å². The van der Waals surface area contributed by atoms with E-state index in [4.69, 9.17) is 4.74 Å². The SMILES string of the molecule is C[C@H](CC(=O)N1CCC(O)(Cn2cnn3c(-c4ccc5c(c4)CCN5C(=O)OC(C)(C)C)cnc3c2=O)CC1)c1ccccc1. The van der Waals surface area contributed by atoms with E-state index in [2.05, 4.69) is 17.0 Å². The van der Waals surface area contributed by atoms with Gasteiger partial charge in [-0.2, -0.15) is 5.10 Å². The number of aromatic nitrogens is 4. The maximum Gasteiger partial charge on any atom is 0.414 e. The van der Waals surface area contributed by atoms with Gasteiger partial charge in [0.15, 0.2) is 0 Å². The van der Waals surface area contributed by atoms with Crippen molar-refractivity contribution in [3.8, 4) is 11.3 Å². The van der Waals surface area contributed by atoms with Gasteiger partial charge in [-0.1, -0.05) is 43.3 Å². The number of amides is 2. The van der Waals surface area contributed by atoms with Crippen LogP contribution in [0.2, 0.25) is 0 Å². The lowest BCUT2D eigenvalue weighted by molar-refractivity contribution is -0.136. The highest BCUT2D eigenvalue weighted by Crippen LogP contribution is 2.33. The van der Waals surface area contributed by atoms with E-state index in [1.807, 2.05) is 74.2 Å². The Morgan fingerprint density at radius 1 is 1.07 bits per heavy atom. The number of carbonyl (C=O) groups is 2. The van der Waals surface area contributed by atoms with Crippen LogP contribution in [0.3, 0.4) is 0 Å². The van der Waals surface area contributed by atoms with Crippen LogP contribution in [0.25, 0.3) is 16.9 Å². The zero-order chi connectivity index (χ0) is 31.9. The van der Waals surface area contributed by atoms with Gasteiger partial charge in [-0.25, -0.2) is 14.3 Å². The molecule has 2 aliphatic rings. The first kappa shape index (κ1) is 30.5. The smallest absolute Gasteiger partial charge is 0.414 e. The third-order valence-electron chi connectivity index (χ3n) is 8.74. The molecule has 0 bridgehead atoms. The van der Waals surface area contributed by atoms with Crippen molar-refractivity contribution in [3.63, 3.8) is 0 Å². The minimum atomic E-state index is -1.14. The van der Waals surface area contributed by atoms with Crippen LogP contribution in [0.15, 0.2) is 65.8 Å². The van der Waals surface area contributed by atoms with Crippen molar-refractivity contribution in [1.29, 1.82) is 0 Å². The Kier molecular flexibility index (Phi) is 7.98. The van der Waals surface area contributed by atoms with Gasteiger partial charge in [0.1, 0.15) is 11.9 Å². The normalized spacial score (nSPS) is 16.9. The molecule has 2 amide bonds. The lowest BCUT2D eigenvalue weighted by Gasteiger charge is -2.38. The summed E-state index contributed by atoms with van der Waals surface area (Å²) < 4.78 is 8.48. The highest BCUT2D eigenvalue weighted by molar-refractivity contribution is 5.91. The Labute approximate surface area is 262 Å². The van der Waals surface area contributed by atoms with E-state index >= 15 is 0 Å². The van der Waals surface area contributed by atoms with Crippen LogP contribution in [0.1, 0.15) is 64.0 Å². The van der Waals surface area contributed by atoms with Crippen molar-refractivity contribution in [2.24, 2.45) is 0 Å². The number of nitrogens with zero attached hydrogens (tertiary/aromatic N) is 6. The fraction of sp³-hybridized carbons (Fsp3) is 0.441. The number of aliphatic hydroxyl groups is 1. The molecular formula is C34H40N6O5. The number of likely N-dealkylation sites (tertiary alicyclic amines) is 1. The molecule has 4 aromatic rings. The summed E-state index contributed by atoms with van der Waals surface area (Å²) in [6, 6.07) is 15.8. The Morgan fingerprint density at radius 3 is 2.51 bits per heavy atom. The largest absolute Gasteiger partial charge is 0.443 e. The quantitative estimate of drug-likeness (QED) is 0.343. The van der Waals surface area contributed by atoms with Crippen LogP contribution < -0.4 is 10.5 Å². The van der Waals surface area contributed by atoms with E-state index in [9.17, 15) is 19.5 Å². The van der Waals surface area contributed by atoms with E-state index in [1.54, 1.807) is 11.1 Å². The predicted octanol–water partition coefficient (Wildman–Crippen LogP) is 4.40. The molecule has 2 aromatic heterocycles. The molecule has 2 aliphatic heterocycles. The van der Waals surface area contributed by atoms with Crippen molar-refractivity contribution < 1.29 is 19.4 Å². The van der Waals surface area contributed by atoms with Crippen molar-refractivity contribution in [2.45, 2.75) is 77.0 Å². The minimum absolute atomic E-state index is 0.0688. The van der Waals surface area contributed by atoms with Crippen LogP contribution in [0.4, 0.5) is 10.5 Å². The second-order valence-electron chi connectivity index (χ2n) is 13.3. The van der Waals surface area contributed by atoms with Gasteiger partial charge in [0, 0.05) is 31.6 Å². The summed E-state index contributed by atoms with van der Waals surface area (Å²) in [5, 5.41) is 15.9. The standard InChI is InChI=1S/C34H40N6O5/c1-23(24-8-6-5-7-9-24)18-29(41)37-16-13-34(44,14-17-37)21-38-22-36-40-28(20-35-30(40)31(38)42)25-10-11-27-26(19-25)12-15-39(27)32(43)45-33(2,3)4/h5-11,19-20,22-23,44H,12-18,21H2,1-4H3/t23-/m1/s1. The Morgan fingerprint density at radius 2 is 1.80 bits per heavy atom. The molecule has 4 heterocycles. The molecule has 11 heteroatoms. The molecule has 0 spiro atoms. The van der Waals surface area contributed by atoms with Gasteiger partial charge in [-0.05, 0) is 69.2 Å². The average Bonchev–Trinajstić information content (AvgIpc) is 3.63. The average molecular weight is 613 g/mol. The Bertz CT molecular complexity index is 1780. The number of carbonyl (C=O) groups excluding carboxylic acids is 2. The number of ether oxygens (including phenoxy) is 1. The summed E-state index contributed by atoms with van der Waals surface area (Å²) >= 11 is 0. The lowest BCUT2D eigenvalue weighted by Crippen LogP contribution is -2.50. The summed E-state index contributed by atoms with van der Waals surface area (Å²) in [6.45, 7) is 9.04. The maximum atomic E-state index is 13.4. The minimum Gasteiger partial charge on any atom is -0.443 e. The van der Waals surface area contributed by atoms with Crippen molar-refractivity contribution in [2.75, 3.05) is 24.5 Å². The van der Waals surface area contributed by atoms with Gasteiger partial charge < -0.3 is 14.7 Å². The van der Waals surface area contributed by atoms with Crippen molar-refractivity contribution >= 4 is 23.3 Å². The molecule has 2 aromatic carbocycles. The van der Waals surface area contributed by atoms with Gasteiger partial charge in [0.25, 0.3) is 5.56 Å². The maximum absolute atomic E-state index is 13.4. The molecule has 6 rings (SSSR count). The number of hydrogen-bond donors (Lipinski definition) is 1. The van der Waals surface area contributed by atoms with Gasteiger partial charge >= 0.3 is 6.09 Å². The molecular weight excluding hydrogens is 572 g/mol. The summed E-state index contributed by atoms with van der Waals surface area (Å²) in [5.41, 5.74) is 2.52. The zero-order valence-corrected chi connectivity index (χ0v) is 26.3. The van der Waals surface area contributed by atoms with Crippen LogP contribution in [0.5, 0.6) is 0 Å². The van der Waals surface area contributed by atoms with Crippen LogP contribution >= 0.6 is 0 Å². The number of piperidine rings is 1. The lowest BCUT2D eigenvalue weighted by atomic mass is 9.90. The van der Waals surface area contributed by atoms with E-state index in [-0.39, 0.29) is 35.7 Å². The molecule has 0 unspecified atom stereocenters. The Hall–Kier alpha value is -4.51. The van der Waals surface area contributed by atoms with Gasteiger partial charge in [0.2, 0.25) is 11.6 Å². The first-order chi connectivity index (χ1) is 21.4. The summed E-state index contributed by atoms with van der Waals surface area (Å²) in [4.78, 5) is 46.9. The van der Waals surface area contributed by atoms with Gasteiger partial charge in [0.05, 0.1) is 29.7 Å². The number of rotatable bonds is 6. The van der Waals surface area contributed by atoms with E-state index in [0.717, 1.165) is 22.4 Å². The number of anilines is 1. The molecule has 1 N–H and O–H groups in total. The van der Waals surface area contributed by atoms with E-state index < -0.39 is 11.2 Å². The summed E-state index contributed by atoms with van der Waals surface area (Å²) in [7, 11) is 0. The molecule has 45 heavy (non-hydrogen) atoms. The molecule has 236 valence electrons. The molecule has 0 saturated carbocycles. The fourth-order valence-corrected chi connectivity index (χ4v) is 6.22. The molecule has 1 atom stereocenters. The highest BCUT2D eigenvalue weighted by atomic mass is 16.6. The van der Waals surface area contributed by atoms with Crippen LogP contribution in [-0.4, -0.2) is 72.0 Å². The fourth-order valence-electron chi connectivity index (χ4n) is 6.22. The van der Waals surface area contributed by atoms with E-state index in [0.29, 0.717) is 51.0 Å². The topological polar surface area (TPSA) is 122 Å². The Balaban J connectivity index is 1.12. The number of imidazole rings is 1. The second kappa shape index (κ2) is 11.8. The van der Waals surface area contributed by atoms with Crippen LogP contribution in [0, 0.1) is 0 Å². The third-order valence-corrected chi connectivity index (χ3v) is 8.74. The van der Waals surface area contributed by atoms with Gasteiger partial charge in [-0.3, -0.25) is 19.1 Å². The van der Waals surface area contributed by atoms with Crippen LogP contribution in [-0.2, 0) is 22.5 Å². The number of fused-ring (bicyclic) bond motifs is 2. The second-order valence-corrected chi connectivity index (χ2v) is 13.3. The highest BCUT2D eigenvalue weighted by Gasteiger charge is 2.35. The summed E-state index contributed by atoms with van der Waals surface area (Å²) in [6.07, 6.45) is 4.52. The predicted molar refractivity (Wildman–Crippen MR) is 170 cm³/mol. The summed E-state index contributed by atoms with van der Waals surface area (Å²) in [5.74, 6) is 0.182. The first-order valence-electron chi connectivity index (χ1n) is 15.5. The number of benzene rings is 2. The zero-order valence-electron chi connectivity index (χ0n) is 26.3. The molecule has 0 aliphatic carbocycles. The first-order valence-corrected chi connectivity index (χ1v) is 15.5. The number of hydrogen-bond acceptors (Lipinski definition) is 7. The van der Waals surface area contributed by atoms with Gasteiger partial charge in [-0.15, -0.1) is 0 Å². The molecule has 11 nitrogen and oxygen atoms in total. The third kappa shape index (κ3) is 6.35. The molecule has 0 radical (unpaired) electrons.